The Hall–Kier alpha value is -2.76. The largest absolute Gasteiger partial charge is 0.478 e. The molecule has 6 heteroatoms. The van der Waals surface area contributed by atoms with Gasteiger partial charge in [-0.2, -0.15) is 8.78 Å². The molecule has 0 aliphatic rings. The third-order valence-corrected chi connectivity index (χ3v) is 2.99. The van der Waals surface area contributed by atoms with Crippen LogP contribution in [0.15, 0.2) is 48.5 Å². The monoisotopic (exact) mass is 292 g/mol. The number of hydrogen-bond donors (Lipinski definition) is 2. The predicted molar refractivity (Wildman–Crippen MR) is 69.8 cm³/mol. The highest BCUT2D eigenvalue weighted by molar-refractivity contribution is 5.88. The first-order valence-electron chi connectivity index (χ1n) is 5.88. The number of aromatic carboxylic acids is 2. The molecule has 0 radical (unpaired) electrons. The molecular weight excluding hydrogens is 282 g/mol. The van der Waals surface area contributed by atoms with E-state index in [1.54, 1.807) is 0 Å². The van der Waals surface area contributed by atoms with E-state index in [-0.39, 0.29) is 22.3 Å². The van der Waals surface area contributed by atoms with Crippen LogP contribution in [0.25, 0.3) is 0 Å². The molecule has 0 amide bonds. The summed E-state index contributed by atoms with van der Waals surface area (Å²) in [6.45, 7) is 0. The summed E-state index contributed by atoms with van der Waals surface area (Å²) in [4.78, 5) is 21.4. The van der Waals surface area contributed by atoms with E-state index in [9.17, 15) is 18.4 Å². The van der Waals surface area contributed by atoms with Crippen molar-refractivity contribution in [3.63, 3.8) is 0 Å². The molecule has 0 spiro atoms. The van der Waals surface area contributed by atoms with Gasteiger partial charge in [0, 0.05) is 11.1 Å². The fourth-order valence-corrected chi connectivity index (χ4v) is 1.81. The maximum Gasteiger partial charge on any atom is 0.335 e. The predicted octanol–water partition coefficient (Wildman–Crippen LogP) is 3.22. The van der Waals surface area contributed by atoms with Crippen LogP contribution in [0.2, 0.25) is 0 Å². The number of carboxylic acids is 2. The minimum absolute atomic E-state index is 0.0872. The van der Waals surface area contributed by atoms with Gasteiger partial charge in [0.05, 0.1) is 11.1 Å². The van der Waals surface area contributed by atoms with Crippen LogP contribution in [0, 0.1) is 0 Å². The number of halogens is 2. The van der Waals surface area contributed by atoms with Gasteiger partial charge in [-0.15, -0.1) is 0 Å². The number of carbonyl (C=O) groups is 2. The minimum Gasteiger partial charge on any atom is -0.478 e. The molecule has 0 fully saturated rings. The maximum absolute atomic E-state index is 14.3. The summed E-state index contributed by atoms with van der Waals surface area (Å²) in [5, 5.41) is 17.5. The van der Waals surface area contributed by atoms with Gasteiger partial charge in [-0.25, -0.2) is 9.59 Å². The highest BCUT2D eigenvalue weighted by Crippen LogP contribution is 2.35. The Morgan fingerprint density at radius 2 is 1.00 bits per heavy atom. The van der Waals surface area contributed by atoms with Gasteiger partial charge in [-0.05, 0) is 24.3 Å². The average molecular weight is 292 g/mol. The van der Waals surface area contributed by atoms with Gasteiger partial charge in [0.25, 0.3) is 5.92 Å². The van der Waals surface area contributed by atoms with Crippen molar-refractivity contribution in [2.45, 2.75) is 5.92 Å². The first-order valence-corrected chi connectivity index (χ1v) is 5.88. The van der Waals surface area contributed by atoms with Crippen molar-refractivity contribution in [2.75, 3.05) is 0 Å². The number of rotatable bonds is 4. The fraction of sp³-hybridized carbons (Fsp3) is 0.0667. The lowest BCUT2D eigenvalue weighted by molar-refractivity contribution is 0.0425. The van der Waals surface area contributed by atoms with E-state index < -0.39 is 17.9 Å². The lowest BCUT2D eigenvalue weighted by atomic mass is 9.98. The molecule has 0 aliphatic heterocycles. The molecule has 2 aromatic carbocycles. The van der Waals surface area contributed by atoms with Gasteiger partial charge in [-0.1, -0.05) is 24.3 Å². The van der Waals surface area contributed by atoms with Gasteiger partial charge in [0.1, 0.15) is 0 Å². The molecule has 0 saturated carbocycles. The van der Waals surface area contributed by atoms with Crippen molar-refractivity contribution < 1.29 is 28.6 Å². The second-order valence-corrected chi connectivity index (χ2v) is 4.34. The summed E-state index contributed by atoms with van der Waals surface area (Å²) in [5.74, 6) is -5.74. The second kappa shape index (κ2) is 5.32. The average Bonchev–Trinajstić information content (AvgIpc) is 2.47. The van der Waals surface area contributed by atoms with Crippen molar-refractivity contribution in [1.82, 2.24) is 0 Å². The topological polar surface area (TPSA) is 74.6 Å². The molecule has 0 atom stereocenters. The zero-order valence-corrected chi connectivity index (χ0v) is 10.6. The van der Waals surface area contributed by atoms with E-state index >= 15 is 0 Å². The molecule has 108 valence electrons. The van der Waals surface area contributed by atoms with Crippen LogP contribution in [0.1, 0.15) is 31.8 Å². The molecular formula is C15H10F2O4. The molecule has 0 saturated heterocycles. The summed E-state index contributed by atoms with van der Waals surface area (Å²) in [7, 11) is 0. The first-order chi connectivity index (χ1) is 9.82. The molecule has 0 unspecified atom stereocenters. The molecule has 2 N–H and O–H groups in total. The maximum atomic E-state index is 14.3. The summed E-state index contributed by atoms with van der Waals surface area (Å²) in [6.07, 6.45) is 0. The molecule has 2 rings (SSSR count). The lowest BCUT2D eigenvalue weighted by Crippen LogP contribution is -2.15. The van der Waals surface area contributed by atoms with Crippen LogP contribution in [0.5, 0.6) is 0 Å². The van der Waals surface area contributed by atoms with E-state index in [1.165, 1.54) is 0 Å². The Kier molecular flexibility index (Phi) is 3.71. The molecule has 0 heterocycles. The third kappa shape index (κ3) is 2.89. The Labute approximate surface area is 118 Å². The van der Waals surface area contributed by atoms with E-state index in [4.69, 9.17) is 10.2 Å². The first kappa shape index (κ1) is 14.6. The number of carboxylic acid groups (broad SMARTS) is 2. The highest BCUT2D eigenvalue weighted by atomic mass is 19.3. The van der Waals surface area contributed by atoms with E-state index in [1.807, 2.05) is 0 Å². The quantitative estimate of drug-likeness (QED) is 0.907. The summed E-state index contributed by atoms with van der Waals surface area (Å²) >= 11 is 0. The normalized spacial score (nSPS) is 11.1. The van der Waals surface area contributed by atoms with E-state index in [0.717, 1.165) is 48.5 Å². The van der Waals surface area contributed by atoms with Crippen LogP contribution in [-0.2, 0) is 5.92 Å². The minimum atomic E-state index is -3.34. The third-order valence-electron chi connectivity index (χ3n) is 2.99. The number of hydrogen-bond acceptors (Lipinski definition) is 2. The SMILES string of the molecule is O=C(O)c1ccc(C(F)(F)c2ccc(C(=O)O)cc2)cc1. The van der Waals surface area contributed by atoms with Crippen molar-refractivity contribution in [1.29, 1.82) is 0 Å². The van der Waals surface area contributed by atoms with Gasteiger partial charge < -0.3 is 10.2 Å². The van der Waals surface area contributed by atoms with Crippen molar-refractivity contribution >= 4 is 11.9 Å². The Morgan fingerprint density at radius 1 is 0.714 bits per heavy atom. The van der Waals surface area contributed by atoms with E-state index in [0.29, 0.717) is 0 Å². The summed E-state index contributed by atoms with van der Waals surface area (Å²) in [5.41, 5.74) is -0.905. The summed E-state index contributed by atoms with van der Waals surface area (Å²) in [6, 6.07) is 8.52. The summed E-state index contributed by atoms with van der Waals surface area (Å²) < 4.78 is 28.5. The van der Waals surface area contributed by atoms with Gasteiger partial charge in [0.2, 0.25) is 0 Å². The van der Waals surface area contributed by atoms with Crippen molar-refractivity contribution in [2.24, 2.45) is 0 Å². The van der Waals surface area contributed by atoms with E-state index in [2.05, 4.69) is 0 Å². The molecule has 4 nitrogen and oxygen atoms in total. The zero-order valence-electron chi connectivity index (χ0n) is 10.6. The molecule has 21 heavy (non-hydrogen) atoms. The molecule has 2 aromatic rings. The van der Waals surface area contributed by atoms with Gasteiger partial charge >= 0.3 is 11.9 Å². The Balaban J connectivity index is 2.36. The van der Waals surface area contributed by atoms with Gasteiger partial charge in [-0.3, -0.25) is 0 Å². The standard InChI is InChI=1S/C15H10F2O4/c16-15(17,11-5-1-9(2-6-11)13(18)19)12-7-3-10(4-8-12)14(20)21/h1-8H,(H,18,19)(H,20,21). The number of alkyl halides is 2. The van der Waals surface area contributed by atoms with Crippen LogP contribution in [0.4, 0.5) is 8.78 Å². The lowest BCUT2D eigenvalue weighted by Gasteiger charge is -2.17. The van der Waals surface area contributed by atoms with Crippen molar-refractivity contribution in [3.05, 3.63) is 70.8 Å². The van der Waals surface area contributed by atoms with Crippen LogP contribution in [0.3, 0.4) is 0 Å². The Morgan fingerprint density at radius 3 is 1.24 bits per heavy atom. The van der Waals surface area contributed by atoms with Crippen molar-refractivity contribution in [3.8, 4) is 0 Å². The second-order valence-electron chi connectivity index (χ2n) is 4.34. The zero-order chi connectivity index (χ0) is 15.6. The fourth-order valence-electron chi connectivity index (χ4n) is 1.81. The molecule has 0 aliphatic carbocycles. The molecule has 0 bridgehead atoms. The number of benzene rings is 2. The van der Waals surface area contributed by atoms with Crippen LogP contribution in [-0.4, -0.2) is 22.2 Å². The van der Waals surface area contributed by atoms with Crippen LogP contribution < -0.4 is 0 Å². The van der Waals surface area contributed by atoms with Gasteiger partial charge in [0.15, 0.2) is 0 Å². The van der Waals surface area contributed by atoms with Crippen LogP contribution >= 0.6 is 0 Å². The Bertz CT molecular complexity index is 616. The highest BCUT2D eigenvalue weighted by Gasteiger charge is 2.34. The smallest absolute Gasteiger partial charge is 0.335 e. The molecule has 0 aromatic heterocycles.